The van der Waals surface area contributed by atoms with Gasteiger partial charge < -0.3 is 9.84 Å². The molecule has 1 aromatic heterocycles. The maximum absolute atomic E-state index is 10.3. The first-order valence-electron chi connectivity index (χ1n) is 6.67. The van der Waals surface area contributed by atoms with Gasteiger partial charge in [0.05, 0.1) is 23.9 Å². The number of benzene rings is 1. The van der Waals surface area contributed by atoms with Crippen LogP contribution in [0.2, 0.25) is 0 Å². The molecule has 2 aromatic rings. The fraction of sp³-hybridized carbons (Fsp3) is 0.438. The van der Waals surface area contributed by atoms with Crippen LogP contribution in [-0.2, 0) is 11.8 Å². The Morgan fingerprint density at radius 3 is 2.40 bits per heavy atom. The van der Waals surface area contributed by atoms with Crippen LogP contribution in [0.4, 0.5) is 0 Å². The smallest absolute Gasteiger partial charge is 0.118 e. The van der Waals surface area contributed by atoms with Crippen molar-refractivity contribution in [2.24, 2.45) is 0 Å². The summed E-state index contributed by atoms with van der Waals surface area (Å²) in [6.07, 6.45) is 0.0208. The van der Waals surface area contributed by atoms with Gasteiger partial charge in [0.1, 0.15) is 5.75 Å². The number of aliphatic hydroxyl groups excluding tert-OH is 1. The number of aromatic nitrogens is 1. The first-order valence-corrected chi connectivity index (χ1v) is 7.55. The first-order chi connectivity index (χ1) is 9.40. The van der Waals surface area contributed by atoms with Gasteiger partial charge in [0.25, 0.3) is 0 Å². The number of thiazole rings is 1. The van der Waals surface area contributed by atoms with Gasteiger partial charge in [-0.2, -0.15) is 0 Å². The number of aliphatic hydroxyl groups is 1. The van der Waals surface area contributed by atoms with Crippen molar-refractivity contribution in [2.45, 2.75) is 38.7 Å². The predicted octanol–water partition coefficient (Wildman–Crippen LogP) is 3.73. The molecular weight excluding hydrogens is 270 g/mol. The topological polar surface area (TPSA) is 42.4 Å². The van der Waals surface area contributed by atoms with Gasteiger partial charge in [-0.3, -0.25) is 0 Å². The maximum Gasteiger partial charge on any atom is 0.118 e. The lowest BCUT2D eigenvalue weighted by Crippen LogP contribution is -2.12. The van der Waals surface area contributed by atoms with Crippen molar-refractivity contribution in [1.82, 2.24) is 4.98 Å². The van der Waals surface area contributed by atoms with Crippen LogP contribution in [0.15, 0.2) is 29.6 Å². The fourth-order valence-electron chi connectivity index (χ4n) is 1.86. The van der Waals surface area contributed by atoms with E-state index in [1.54, 1.807) is 18.4 Å². The van der Waals surface area contributed by atoms with E-state index >= 15 is 0 Å². The second-order valence-corrected chi connectivity index (χ2v) is 6.81. The minimum atomic E-state index is -0.528. The Labute approximate surface area is 124 Å². The van der Waals surface area contributed by atoms with Crippen LogP contribution in [0.5, 0.6) is 5.75 Å². The highest BCUT2D eigenvalue weighted by Crippen LogP contribution is 2.27. The summed E-state index contributed by atoms with van der Waals surface area (Å²) in [5, 5.41) is 13.3. The normalized spacial score (nSPS) is 13.2. The van der Waals surface area contributed by atoms with Crippen molar-refractivity contribution in [3.05, 3.63) is 45.9 Å². The molecule has 0 fully saturated rings. The highest BCUT2D eigenvalue weighted by atomic mass is 32.1. The lowest BCUT2D eigenvalue weighted by molar-refractivity contribution is 0.178. The summed E-state index contributed by atoms with van der Waals surface area (Å²) in [5.74, 6) is 0.796. The molecule has 4 heteroatoms. The lowest BCUT2D eigenvalue weighted by Gasteiger charge is -2.14. The Kier molecular flexibility index (Phi) is 4.45. The molecule has 0 spiro atoms. The van der Waals surface area contributed by atoms with Crippen molar-refractivity contribution < 1.29 is 9.84 Å². The monoisotopic (exact) mass is 291 g/mol. The summed E-state index contributed by atoms with van der Waals surface area (Å²) in [5.41, 5.74) is 2.03. The Hall–Kier alpha value is -1.39. The van der Waals surface area contributed by atoms with Crippen LogP contribution in [0.3, 0.4) is 0 Å². The molecule has 3 nitrogen and oxygen atoms in total. The maximum atomic E-state index is 10.3. The molecule has 0 aliphatic heterocycles. The molecule has 1 atom stereocenters. The molecule has 1 N–H and O–H groups in total. The summed E-state index contributed by atoms with van der Waals surface area (Å²) < 4.78 is 5.12. The molecule has 20 heavy (non-hydrogen) atoms. The Bertz CT molecular complexity index is 555. The van der Waals surface area contributed by atoms with Crippen LogP contribution in [0, 0.1) is 0 Å². The van der Waals surface area contributed by atoms with Gasteiger partial charge >= 0.3 is 0 Å². The van der Waals surface area contributed by atoms with Crippen LogP contribution >= 0.6 is 11.3 Å². The van der Waals surface area contributed by atoms with E-state index in [0.717, 1.165) is 22.0 Å². The number of hydrogen-bond donors (Lipinski definition) is 1. The number of nitrogens with zero attached hydrogens (tertiary/aromatic N) is 1. The van der Waals surface area contributed by atoms with Crippen molar-refractivity contribution in [2.75, 3.05) is 7.11 Å². The van der Waals surface area contributed by atoms with Gasteiger partial charge in [0.2, 0.25) is 0 Å². The predicted molar refractivity (Wildman–Crippen MR) is 82.5 cm³/mol. The van der Waals surface area contributed by atoms with Gasteiger partial charge in [-0.15, -0.1) is 11.3 Å². The van der Waals surface area contributed by atoms with E-state index in [9.17, 15) is 5.11 Å². The van der Waals surface area contributed by atoms with Crippen LogP contribution in [0.1, 0.15) is 43.1 Å². The minimum Gasteiger partial charge on any atom is -0.497 e. The van der Waals surface area contributed by atoms with Crippen LogP contribution in [-0.4, -0.2) is 17.2 Å². The van der Waals surface area contributed by atoms with E-state index in [1.165, 1.54) is 0 Å². The molecule has 0 bridgehead atoms. The van der Waals surface area contributed by atoms with Gasteiger partial charge in [0.15, 0.2) is 0 Å². The van der Waals surface area contributed by atoms with E-state index in [2.05, 4.69) is 31.1 Å². The molecule has 0 amide bonds. The second kappa shape index (κ2) is 5.94. The van der Waals surface area contributed by atoms with E-state index in [-0.39, 0.29) is 5.41 Å². The molecule has 1 unspecified atom stereocenters. The third kappa shape index (κ3) is 3.58. The molecule has 0 saturated carbocycles. The molecular formula is C16H21NO2S. The molecule has 0 saturated heterocycles. The fourth-order valence-corrected chi connectivity index (χ4v) is 2.92. The third-order valence-electron chi connectivity index (χ3n) is 3.19. The van der Waals surface area contributed by atoms with E-state index in [0.29, 0.717) is 6.42 Å². The van der Waals surface area contributed by atoms with Gasteiger partial charge in [-0.05, 0) is 17.7 Å². The molecule has 2 rings (SSSR count). The van der Waals surface area contributed by atoms with Crippen LogP contribution < -0.4 is 4.74 Å². The number of ether oxygens (including phenoxy) is 1. The van der Waals surface area contributed by atoms with Gasteiger partial charge in [-0.25, -0.2) is 4.98 Å². The molecule has 108 valence electrons. The van der Waals surface area contributed by atoms with E-state index in [4.69, 9.17) is 4.74 Å². The zero-order valence-electron chi connectivity index (χ0n) is 12.4. The quantitative estimate of drug-likeness (QED) is 0.933. The summed E-state index contributed by atoms with van der Waals surface area (Å²) in [4.78, 5) is 4.61. The van der Waals surface area contributed by atoms with E-state index in [1.807, 2.05) is 24.3 Å². The van der Waals surface area contributed by atoms with Crippen LogP contribution in [0.25, 0.3) is 0 Å². The Morgan fingerprint density at radius 1 is 1.25 bits per heavy atom. The lowest BCUT2D eigenvalue weighted by atomic mass is 9.93. The minimum absolute atomic E-state index is 0.0554. The summed E-state index contributed by atoms with van der Waals surface area (Å²) in [7, 11) is 1.63. The number of methoxy groups -OCH3 is 1. The van der Waals surface area contributed by atoms with Gasteiger partial charge in [0, 0.05) is 17.2 Å². The van der Waals surface area contributed by atoms with Crippen molar-refractivity contribution in [3.8, 4) is 5.75 Å². The average molecular weight is 291 g/mol. The molecule has 0 aliphatic carbocycles. The highest BCUT2D eigenvalue weighted by Gasteiger charge is 2.19. The van der Waals surface area contributed by atoms with E-state index < -0.39 is 6.10 Å². The number of rotatable bonds is 4. The molecule has 1 heterocycles. The van der Waals surface area contributed by atoms with Crippen molar-refractivity contribution >= 4 is 11.3 Å². The SMILES string of the molecule is COc1ccc(C(O)Cc2nc(C(C)(C)C)cs2)cc1. The third-order valence-corrected chi connectivity index (χ3v) is 4.06. The van der Waals surface area contributed by atoms with Gasteiger partial charge in [-0.1, -0.05) is 32.9 Å². The zero-order chi connectivity index (χ0) is 14.8. The molecule has 0 radical (unpaired) electrons. The molecule has 1 aromatic carbocycles. The second-order valence-electron chi connectivity index (χ2n) is 5.87. The number of hydrogen-bond acceptors (Lipinski definition) is 4. The summed E-state index contributed by atoms with van der Waals surface area (Å²) in [6.45, 7) is 6.43. The summed E-state index contributed by atoms with van der Waals surface area (Å²) in [6, 6.07) is 7.51. The average Bonchev–Trinajstić information content (AvgIpc) is 2.87. The standard InChI is InChI=1S/C16H21NO2S/c1-16(2,3)14-10-20-15(17-14)9-13(18)11-5-7-12(19-4)8-6-11/h5-8,10,13,18H,9H2,1-4H3. The van der Waals surface area contributed by atoms with Crippen molar-refractivity contribution in [1.29, 1.82) is 0 Å². The Balaban J connectivity index is 2.07. The Morgan fingerprint density at radius 2 is 1.90 bits per heavy atom. The first kappa shape index (κ1) is 15.0. The molecule has 0 aliphatic rings. The summed E-state index contributed by atoms with van der Waals surface area (Å²) >= 11 is 1.61. The highest BCUT2D eigenvalue weighted by molar-refractivity contribution is 7.09. The largest absolute Gasteiger partial charge is 0.497 e. The zero-order valence-corrected chi connectivity index (χ0v) is 13.2. The van der Waals surface area contributed by atoms with Crippen molar-refractivity contribution in [3.63, 3.8) is 0 Å².